The molecule has 0 radical (unpaired) electrons. The van der Waals surface area contributed by atoms with Gasteiger partial charge in [0.15, 0.2) is 0 Å². The minimum absolute atomic E-state index is 0. The highest BCUT2D eigenvalue weighted by atomic mass is 35.5. The summed E-state index contributed by atoms with van der Waals surface area (Å²) >= 11 is 0. The molecule has 170 valence electrons. The average Bonchev–Trinajstić information content (AvgIpc) is 2.67. The molecule has 0 atom stereocenters. The van der Waals surface area contributed by atoms with E-state index in [0.29, 0.717) is 0 Å². The normalized spacial score (nSPS) is 11.4. The van der Waals surface area contributed by atoms with Crippen molar-refractivity contribution >= 4 is 0 Å². The molecule has 0 amide bonds. The van der Waals surface area contributed by atoms with Crippen LogP contribution in [0.1, 0.15) is 108 Å². The van der Waals surface area contributed by atoms with E-state index in [1.165, 1.54) is 121 Å². The van der Waals surface area contributed by atoms with Crippen molar-refractivity contribution in [2.24, 2.45) is 0 Å². The number of benzene rings is 1. The molecule has 0 saturated heterocycles. The Labute approximate surface area is 189 Å². The van der Waals surface area contributed by atoms with Crippen LogP contribution in [0, 0.1) is 0 Å². The van der Waals surface area contributed by atoms with Gasteiger partial charge in [-0.15, -0.1) is 0 Å². The van der Waals surface area contributed by atoms with Gasteiger partial charge in [-0.1, -0.05) is 114 Å². The molecule has 1 rings (SSSR count). The highest BCUT2D eigenvalue weighted by molar-refractivity contribution is 5.14. The Morgan fingerprint density at radius 2 is 0.828 bits per heavy atom. The Bertz CT molecular complexity index is 438. The molecule has 0 aliphatic rings. The average molecular weight is 424 g/mol. The van der Waals surface area contributed by atoms with Crippen LogP contribution in [0.4, 0.5) is 0 Å². The monoisotopic (exact) mass is 423 g/mol. The maximum atomic E-state index is 2.30. The first-order valence-corrected chi connectivity index (χ1v) is 12.4. The van der Waals surface area contributed by atoms with Crippen molar-refractivity contribution < 1.29 is 16.9 Å². The van der Waals surface area contributed by atoms with E-state index in [1.54, 1.807) is 0 Å². The quantitative estimate of drug-likeness (QED) is 0.212. The lowest BCUT2D eigenvalue weighted by Gasteiger charge is -2.23. The predicted molar refractivity (Wildman–Crippen MR) is 127 cm³/mol. The summed E-state index contributed by atoms with van der Waals surface area (Å²) in [7, 11) is 6.90. The predicted octanol–water partition coefficient (Wildman–Crippen LogP) is 5.18. The highest BCUT2D eigenvalue weighted by Crippen LogP contribution is 2.14. The minimum atomic E-state index is 0. The van der Waals surface area contributed by atoms with E-state index < -0.39 is 0 Å². The van der Waals surface area contributed by atoms with Gasteiger partial charge in [-0.3, -0.25) is 0 Å². The third-order valence-corrected chi connectivity index (χ3v) is 5.89. The Balaban J connectivity index is 0.00000784. The number of rotatable bonds is 19. The SMILES string of the molecule is C[N+](C)(C)CCCCCCCCCCCCCCCCCCc1ccccc1.[Cl-]. The van der Waals surface area contributed by atoms with Gasteiger partial charge in [-0.2, -0.15) is 0 Å². The number of hydrogen-bond donors (Lipinski definition) is 0. The van der Waals surface area contributed by atoms with E-state index in [4.69, 9.17) is 0 Å². The molecule has 0 aliphatic carbocycles. The van der Waals surface area contributed by atoms with Crippen LogP contribution in [-0.2, 0) is 6.42 Å². The van der Waals surface area contributed by atoms with Gasteiger partial charge in [0.05, 0.1) is 27.7 Å². The van der Waals surface area contributed by atoms with Gasteiger partial charge in [0.2, 0.25) is 0 Å². The van der Waals surface area contributed by atoms with Gasteiger partial charge in [0.1, 0.15) is 0 Å². The van der Waals surface area contributed by atoms with Crippen molar-refractivity contribution in [3.63, 3.8) is 0 Å². The zero-order valence-electron chi connectivity index (χ0n) is 19.9. The summed E-state index contributed by atoms with van der Waals surface area (Å²) in [5.41, 5.74) is 1.50. The number of quaternary nitrogens is 1. The third kappa shape index (κ3) is 20.5. The van der Waals surface area contributed by atoms with Crippen LogP contribution < -0.4 is 12.4 Å². The molecule has 0 unspecified atom stereocenters. The van der Waals surface area contributed by atoms with E-state index in [2.05, 4.69) is 51.5 Å². The van der Waals surface area contributed by atoms with Crippen LogP contribution in [0.2, 0.25) is 0 Å². The zero-order valence-corrected chi connectivity index (χ0v) is 20.7. The molecule has 1 nitrogen and oxygen atoms in total. The van der Waals surface area contributed by atoms with Crippen molar-refractivity contribution in [3.8, 4) is 0 Å². The van der Waals surface area contributed by atoms with Gasteiger partial charge in [0, 0.05) is 0 Å². The van der Waals surface area contributed by atoms with Crippen LogP contribution in [-0.4, -0.2) is 32.2 Å². The number of unbranched alkanes of at least 4 members (excludes halogenated alkanes) is 15. The van der Waals surface area contributed by atoms with Crippen molar-refractivity contribution in [1.82, 2.24) is 0 Å². The maximum absolute atomic E-state index is 2.30. The van der Waals surface area contributed by atoms with Gasteiger partial charge < -0.3 is 16.9 Å². The van der Waals surface area contributed by atoms with Crippen LogP contribution in [0.5, 0.6) is 0 Å². The van der Waals surface area contributed by atoms with Crippen LogP contribution in [0.15, 0.2) is 30.3 Å². The summed E-state index contributed by atoms with van der Waals surface area (Å²) in [4.78, 5) is 0. The molecular formula is C27H50ClN. The molecule has 0 spiro atoms. The van der Waals surface area contributed by atoms with Crippen molar-refractivity contribution in [3.05, 3.63) is 35.9 Å². The molecule has 0 aliphatic heterocycles. The number of aryl methyl sites for hydroxylation is 1. The second kappa shape index (κ2) is 19.4. The fraction of sp³-hybridized carbons (Fsp3) is 0.778. The summed E-state index contributed by atoms with van der Waals surface area (Å²) in [5, 5.41) is 0. The molecule has 0 aromatic heterocycles. The smallest absolute Gasteiger partial charge is 0.0780 e. The summed E-state index contributed by atoms with van der Waals surface area (Å²) in [5.74, 6) is 0. The van der Waals surface area contributed by atoms with E-state index in [-0.39, 0.29) is 12.4 Å². The molecule has 0 bridgehead atoms. The molecule has 0 fully saturated rings. The highest BCUT2D eigenvalue weighted by Gasteiger charge is 2.04. The first kappa shape index (κ1) is 28.5. The Morgan fingerprint density at radius 3 is 1.21 bits per heavy atom. The van der Waals surface area contributed by atoms with Crippen molar-refractivity contribution in [2.75, 3.05) is 27.7 Å². The van der Waals surface area contributed by atoms with E-state index >= 15 is 0 Å². The molecule has 1 aromatic rings. The summed E-state index contributed by atoms with van der Waals surface area (Å²) in [6.45, 7) is 1.33. The second-order valence-electron chi connectivity index (χ2n) is 9.91. The molecular weight excluding hydrogens is 374 g/mol. The van der Waals surface area contributed by atoms with Gasteiger partial charge in [-0.05, 0) is 31.2 Å². The molecule has 0 N–H and O–H groups in total. The number of nitrogens with zero attached hydrogens (tertiary/aromatic N) is 1. The lowest BCUT2D eigenvalue weighted by atomic mass is 10.0. The Morgan fingerprint density at radius 1 is 0.483 bits per heavy atom. The summed E-state index contributed by atoms with van der Waals surface area (Å²) in [6.07, 6.45) is 24.4. The number of hydrogen-bond acceptors (Lipinski definition) is 0. The molecule has 1 aromatic carbocycles. The largest absolute Gasteiger partial charge is 1.00 e. The summed E-state index contributed by atoms with van der Waals surface area (Å²) < 4.78 is 1.12. The molecule has 2 heteroatoms. The molecule has 0 heterocycles. The minimum Gasteiger partial charge on any atom is -1.00 e. The lowest BCUT2D eigenvalue weighted by Crippen LogP contribution is -3.00. The standard InChI is InChI=1S/C27H50N.ClH/c1-28(2,3)26-22-17-15-13-11-9-7-5-4-6-8-10-12-14-16-19-23-27-24-20-18-21-25-27;/h18,20-21,24-25H,4-17,19,22-23,26H2,1-3H3;1H/q+1;/p-1. The zero-order chi connectivity index (χ0) is 20.3. The van der Waals surface area contributed by atoms with Crippen LogP contribution >= 0.6 is 0 Å². The summed E-state index contributed by atoms with van der Waals surface area (Å²) in [6, 6.07) is 10.9. The number of halogens is 1. The third-order valence-electron chi connectivity index (χ3n) is 5.89. The van der Waals surface area contributed by atoms with Gasteiger partial charge in [-0.25, -0.2) is 0 Å². The first-order chi connectivity index (χ1) is 13.6. The van der Waals surface area contributed by atoms with Gasteiger partial charge in [0.25, 0.3) is 0 Å². The van der Waals surface area contributed by atoms with Crippen LogP contribution in [0.3, 0.4) is 0 Å². The van der Waals surface area contributed by atoms with Crippen molar-refractivity contribution in [1.29, 1.82) is 0 Å². The molecule has 29 heavy (non-hydrogen) atoms. The van der Waals surface area contributed by atoms with E-state index in [0.717, 1.165) is 4.48 Å². The maximum Gasteiger partial charge on any atom is 0.0780 e. The Hall–Kier alpha value is -0.530. The second-order valence-corrected chi connectivity index (χ2v) is 9.91. The van der Waals surface area contributed by atoms with E-state index in [1.807, 2.05) is 0 Å². The Kier molecular flexibility index (Phi) is 19.1. The first-order valence-electron chi connectivity index (χ1n) is 12.4. The van der Waals surface area contributed by atoms with Crippen LogP contribution in [0.25, 0.3) is 0 Å². The van der Waals surface area contributed by atoms with E-state index in [9.17, 15) is 0 Å². The topological polar surface area (TPSA) is 0 Å². The fourth-order valence-corrected chi connectivity index (χ4v) is 4.03. The fourth-order valence-electron chi connectivity index (χ4n) is 4.03. The van der Waals surface area contributed by atoms with Crippen molar-refractivity contribution in [2.45, 2.75) is 109 Å². The van der Waals surface area contributed by atoms with Gasteiger partial charge >= 0.3 is 0 Å². The lowest BCUT2D eigenvalue weighted by molar-refractivity contribution is -0.870. The molecule has 0 saturated carbocycles.